The molecule has 1 saturated carbocycles. The highest BCUT2D eigenvalue weighted by Gasteiger charge is 2.45. The third-order valence-corrected chi connectivity index (χ3v) is 9.35. The maximum absolute atomic E-state index is 13.5. The van der Waals surface area contributed by atoms with Crippen molar-refractivity contribution < 1.29 is 26.3 Å². The summed E-state index contributed by atoms with van der Waals surface area (Å²) >= 11 is 0. The lowest BCUT2D eigenvalue weighted by atomic mass is 9.73. The third kappa shape index (κ3) is 6.77. The number of sulfonamides is 1. The molecule has 0 amide bonds. The number of halogens is 3. The fraction of sp³-hybridized carbons (Fsp3) is 0.630. The molecule has 3 N–H and O–H groups in total. The Morgan fingerprint density at radius 2 is 1.92 bits per heavy atom. The van der Waals surface area contributed by atoms with E-state index < -0.39 is 34.0 Å². The number of hydrogen-bond donors (Lipinski definition) is 3. The van der Waals surface area contributed by atoms with Crippen LogP contribution < -0.4 is 15.4 Å². The van der Waals surface area contributed by atoms with Crippen molar-refractivity contribution in [2.45, 2.75) is 63.0 Å². The van der Waals surface area contributed by atoms with Crippen molar-refractivity contribution in [1.29, 1.82) is 0 Å². The number of nitrogens with one attached hydrogen (secondary N) is 3. The van der Waals surface area contributed by atoms with Crippen LogP contribution in [0.2, 0.25) is 0 Å². The molecule has 2 aliphatic carbocycles. The molecular weight excluding hydrogens is 503 g/mol. The predicted molar refractivity (Wildman–Crippen MR) is 138 cm³/mol. The van der Waals surface area contributed by atoms with Crippen molar-refractivity contribution in [3.05, 3.63) is 53.6 Å². The molecule has 0 radical (unpaired) electrons. The highest BCUT2D eigenvalue weighted by atomic mass is 32.2. The molecule has 4 aliphatic rings. The van der Waals surface area contributed by atoms with Crippen LogP contribution in [0.1, 0.15) is 55.8 Å². The van der Waals surface area contributed by atoms with Crippen LogP contribution in [0.15, 0.2) is 42.5 Å². The second kappa shape index (κ2) is 11.1. The minimum atomic E-state index is -4.45. The fourth-order valence-electron chi connectivity index (χ4n) is 5.72. The van der Waals surface area contributed by atoms with Gasteiger partial charge in [-0.2, -0.15) is 13.2 Å². The fourth-order valence-corrected chi connectivity index (χ4v) is 6.83. The first kappa shape index (κ1) is 26.7. The molecule has 204 valence electrons. The van der Waals surface area contributed by atoms with Crippen molar-refractivity contribution in [3.63, 3.8) is 0 Å². The van der Waals surface area contributed by atoms with E-state index in [0.717, 1.165) is 31.4 Å². The molecule has 6 nitrogen and oxygen atoms in total. The first-order valence-corrected chi connectivity index (χ1v) is 15.0. The Morgan fingerprint density at radius 1 is 1.08 bits per heavy atom. The van der Waals surface area contributed by atoms with Crippen LogP contribution in [0.3, 0.4) is 0 Å². The Labute approximate surface area is 217 Å². The van der Waals surface area contributed by atoms with Gasteiger partial charge in [0.2, 0.25) is 10.0 Å². The molecule has 2 aliphatic heterocycles. The maximum Gasteiger partial charge on any atom is 0.416 e. The number of anilines is 1. The van der Waals surface area contributed by atoms with Gasteiger partial charge in [-0.3, -0.25) is 0 Å². The number of rotatable bonds is 10. The molecule has 0 aromatic heterocycles. The first-order chi connectivity index (χ1) is 17.7. The summed E-state index contributed by atoms with van der Waals surface area (Å²) in [7, 11) is -3.46. The summed E-state index contributed by atoms with van der Waals surface area (Å²) in [5, 5.41) is 6.81. The first-order valence-electron chi connectivity index (χ1n) is 13.3. The Morgan fingerprint density at radius 3 is 2.65 bits per heavy atom. The van der Waals surface area contributed by atoms with Gasteiger partial charge < -0.3 is 15.4 Å². The smallest absolute Gasteiger partial charge is 0.381 e. The number of ether oxygens (including phenoxy) is 1. The lowest BCUT2D eigenvalue weighted by molar-refractivity contribution is -0.138. The summed E-state index contributed by atoms with van der Waals surface area (Å²) in [4.78, 5) is 0. The van der Waals surface area contributed by atoms with Gasteiger partial charge in [-0.05, 0) is 75.7 Å². The molecule has 0 spiro atoms. The van der Waals surface area contributed by atoms with Gasteiger partial charge in [-0.25, -0.2) is 13.1 Å². The van der Waals surface area contributed by atoms with Gasteiger partial charge in [0.15, 0.2) is 0 Å². The SMILES string of the molecule is O=S(=O)(CCCNCC1CC1)NC[C@H]1CC[C@@H]2[C@H](O1)c1cc(C(F)(F)F)ccc1N[C@H]2C1C=CC=CC1. The second-order valence-electron chi connectivity index (χ2n) is 10.8. The molecule has 0 bridgehead atoms. The van der Waals surface area contributed by atoms with E-state index in [1.54, 1.807) is 0 Å². The van der Waals surface area contributed by atoms with E-state index in [2.05, 4.69) is 27.5 Å². The minimum absolute atomic E-state index is 0.0115. The molecule has 1 aromatic carbocycles. The van der Waals surface area contributed by atoms with E-state index in [1.807, 2.05) is 12.2 Å². The van der Waals surface area contributed by atoms with Crippen molar-refractivity contribution in [2.24, 2.45) is 17.8 Å². The van der Waals surface area contributed by atoms with E-state index >= 15 is 0 Å². The van der Waals surface area contributed by atoms with E-state index in [1.165, 1.54) is 25.0 Å². The topological polar surface area (TPSA) is 79.5 Å². The summed E-state index contributed by atoms with van der Waals surface area (Å²) in [6.07, 6.45) is 8.16. The molecule has 5 rings (SSSR count). The quantitative estimate of drug-likeness (QED) is 0.373. The van der Waals surface area contributed by atoms with Crippen LogP contribution in [0.4, 0.5) is 18.9 Å². The van der Waals surface area contributed by atoms with Gasteiger partial charge in [-0.15, -0.1) is 0 Å². The molecule has 5 atom stereocenters. The van der Waals surface area contributed by atoms with Crippen molar-refractivity contribution in [2.75, 3.05) is 30.7 Å². The summed E-state index contributed by atoms with van der Waals surface area (Å²) in [6.45, 7) is 1.74. The summed E-state index contributed by atoms with van der Waals surface area (Å²) in [5.74, 6) is 0.983. The van der Waals surface area contributed by atoms with Gasteiger partial charge in [0.1, 0.15) is 0 Å². The monoisotopic (exact) mass is 539 g/mol. The Balaban J connectivity index is 1.25. The molecule has 1 aromatic rings. The number of allylic oxidation sites excluding steroid dienone is 3. The van der Waals surface area contributed by atoms with Crippen molar-refractivity contribution in [3.8, 4) is 0 Å². The summed E-state index contributed by atoms with van der Waals surface area (Å²) < 4.78 is 74.7. The van der Waals surface area contributed by atoms with E-state index in [9.17, 15) is 21.6 Å². The number of hydrogen-bond acceptors (Lipinski definition) is 5. The molecule has 10 heteroatoms. The molecular formula is C27H36F3N3O3S. The average Bonchev–Trinajstić information content (AvgIpc) is 3.71. The van der Waals surface area contributed by atoms with Crippen molar-refractivity contribution in [1.82, 2.24) is 10.0 Å². The van der Waals surface area contributed by atoms with Gasteiger partial charge >= 0.3 is 6.18 Å². The largest absolute Gasteiger partial charge is 0.416 e. The molecule has 37 heavy (non-hydrogen) atoms. The third-order valence-electron chi connectivity index (χ3n) is 7.92. The van der Waals surface area contributed by atoms with Gasteiger partial charge in [-0.1, -0.05) is 24.3 Å². The lowest BCUT2D eigenvalue weighted by Crippen LogP contribution is -2.48. The molecule has 1 saturated heterocycles. The molecule has 2 fully saturated rings. The van der Waals surface area contributed by atoms with Gasteiger partial charge in [0.25, 0.3) is 0 Å². The zero-order chi connectivity index (χ0) is 26.0. The van der Waals surface area contributed by atoms with Crippen LogP contribution in [-0.4, -0.2) is 46.0 Å². The number of benzene rings is 1. The van der Waals surface area contributed by atoms with Gasteiger partial charge in [0.05, 0.1) is 23.5 Å². The predicted octanol–water partition coefficient (Wildman–Crippen LogP) is 4.78. The van der Waals surface area contributed by atoms with E-state index in [0.29, 0.717) is 30.6 Å². The normalized spacial score (nSPS) is 29.4. The lowest BCUT2D eigenvalue weighted by Gasteiger charge is -2.47. The van der Waals surface area contributed by atoms with Crippen molar-refractivity contribution >= 4 is 15.7 Å². The highest BCUT2D eigenvalue weighted by Crippen LogP contribution is 2.49. The maximum atomic E-state index is 13.5. The van der Waals surface area contributed by atoms with Crippen LogP contribution in [-0.2, 0) is 20.9 Å². The number of alkyl halides is 3. The number of fused-ring (bicyclic) bond motifs is 3. The average molecular weight is 540 g/mol. The van der Waals surface area contributed by atoms with Crippen LogP contribution in [0, 0.1) is 17.8 Å². The summed E-state index contributed by atoms with van der Waals surface area (Å²) in [6, 6.07) is 3.81. The van der Waals surface area contributed by atoms with E-state index in [4.69, 9.17) is 4.74 Å². The zero-order valence-electron chi connectivity index (χ0n) is 20.8. The Kier molecular flexibility index (Phi) is 8.00. The Bertz CT molecular complexity index is 1120. The van der Waals surface area contributed by atoms with Crippen LogP contribution in [0.5, 0.6) is 0 Å². The molecule has 2 heterocycles. The summed E-state index contributed by atoms with van der Waals surface area (Å²) in [5.41, 5.74) is 0.454. The van der Waals surface area contributed by atoms with Crippen LogP contribution >= 0.6 is 0 Å². The molecule has 1 unspecified atom stereocenters. The van der Waals surface area contributed by atoms with E-state index in [-0.39, 0.29) is 30.2 Å². The standard InChI is InChI=1S/C27H36F3N3O3S/c28-27(29,30)20-9-12-24-23(15-20)26-22(25(33-24)19-5-2-1-3-6-19)11-10-21(36-26)17-32-37(34,35)14-4-13-31-16-18-7-8-18/h1-3,5,9,12,15,18-19,21-22,25-26,31-33H,4,6-8,10-11,13-14,16-17H2/t19?,21-,22+,25+,26+/m1/s1. The van der Waals surface area contributed by atoms with Gasteiger partial charge in [0, 0.05) is 35.7 Å². The minimum Gasteiger partial charge on any atom is -0.381 e. The second-order valence-corrected chi connectivity index (χ2v) is 12.7. The Hall–Kier alpha value is -1.88. The zero-order valence-corrected chi connectivity index (χ0v) is 21.7. The highest BCUT2D eigenvalue weighted by molar-refractivity contribution is 7.89. The van der Waals surface area contributed by atoms with Crippen LogP contribution in [0.25, 0.3) is 0 Å².